The smallest absolute Gasteiger partial charge is 0.305 e. The van der Waals surface area contributed by atoms with Crippen molar-refractivity contribution >= 4 is 34.2 Å². The lowest BCUT2D eigenvalue weighted by atomic mass is 10.0. The average Bonchev–Trinajstić information content (AvgIpc) is 2.94. The van der Waals surface area contributed by atoms with E-state index in [1.54, 1.807) is 24.3 Å². The molecule has 9 heteroatoms. The van der Waals surface area contributed by atoms with Gasteiger partial charge in [-0.15, -0.1) is 0 Å². The summed E-state index contributed by atoms with van der Waals surface area (Å²) >= 11 is 0. The zero-order valence-electron chi connectivity index (χ0n) is 16.9. The number of benzene rings is 2. The van der Waals surface area contributed by atoms with Gasteiger partial charge in [0.1, 0.15) is 17.6 Å². The van der Waals surface area contributed by atoms with E-state index in [0.717, 1.165) is 9.80 Å². The van der Waals surface area contributed by atoms with Gasteiger partial charge >= 0.3 is 6.03 Å². The molecule has 1 aliphatic heterocycles. The molecule has 1 saturated heterocycles. The summed E-state index contributed by atoms with van der Waals surface area (Å²) in [7, 11) is 0. The summed E-state index contributed by atoms with van der Waals surface area (Å²) in [5.74, 6) is -1.61. The van der Waals surface area contributed by atoms with Gasteiger partial charge in [-0.05, 0) is 37.6 Å². The van der Waals surface area contributed by atoms with Crippen LogP contribution < -0.4 is 10.5 Å². The number of imide groups is 1. The summed E-state index contributed by atoms with van der Waals surface area (Å²) in [5.41, 5.74) is 0.670. The van der Waals surface area contributed by atoms with Gasteiger partial charge in [-0.3, -0.25) is 14.4 Å². The molecular weight excluding hydrogens is 403 g/mol. The van der Waals surface area contributed by atoms with E-state index in [9.17, 15) is 23.6 Å². The number of carbonyl (C=O) groups is 3. The molecule has 3 amide bonds. The predicted molar refractivity (Wildman–Crippen MR) is 111 cm³/mol. The van der Waals surface area contributed by atoms with E-state index in [1.165, 1.54) is 32.0 Å². The Morgan fingerprint density at radius 3 is 2.55 bits per heavy atom. The molecule has 1 aliphatic rings. The van der Waals surface area contributed by atoms with Gasteiger partial charge in [0.25, 0.3) is 11.5 Å². The molecule has 158 valence electrons. The third-order valence-corrected chi connectivity index (χ3v) is 5.27. The maximum absolute atomic E-state index is 14.6. The minimum Gasteiger partial charge on any atom is -0.305 e. The molecule has 31 heavy (non-hydrogen) atoms. The summed E-state index contributed by atoms with van der Waals surface area (Å²) in [6, 6.07) is 9.50. The summed E-state index contributed by atoms with van der Waals surface area (Å²) in [6.07, 6.45) is 0.244. The first kappa shape index (κ1) is 20.4. The number of urea groups is 1. The van der Waals surface area contributed by atoms with Crippen molar-refractivity contribution in [3.05, 3.63) is 69.9 Å². The lowest BCUT2D eigenvalue weighted by Gasteiger charge is -2.18. The van der Waals surface area contributed by atoms with Crippen LogP contribution in [0.25, 0.3) is 10.8 Å². The lowest BCUT2D eigenvalue weighted by Crippen LogP contribution is -2.37. The van der Waals surface area contributed by atoms with Crippen LogP contribution in [-0.2, 0) is 16.0 Å². The number of nitrogens with zero attached hydrogens (tertiary/aromatic N) is 3. The minimum absolute atomic E-state index is 0.181. The summed E-state index contributed by atoms with van der Waals surface area (Å²) in [5, 5.41) is 7.70. The number of H-pyrrole nitrogens is 1. The first-order valence-electron chi connectivity index (χ1n) is 9.66. The van der Waals surface area contributed by atoms with E-state index in [1.807, 2.05) is 0 Å². The van der Waals surface area contributed by atoms with Crippen molar-refractivity contribution in [2.24, 2.45) is 0 Å². The zero-order valence-corrected chi connectivity index (χ0v) is 16.9. The SMILES string of the molecule is CC(=O)CN1C(=O)N(c2cc(Cc3n[nH]c(=O)c4ccccc34)ccc2F)C(=O)C1C. The number of Topliss-reactive ketones (excluding diaryl/α,β-unsaturated/α-hetero) is 1. The summed E-state index contributed by atoms with van der Waals surface area (Å²) < 4.78 is 14.6. The largest absolute Gasteiger partial charge is 0.332 e. The molecule has 1 fully saturated rings. The fourth-order valence-corrected chi connectivity index (χ4v) is 3.71. The van der Waals surface area contributed by atoms with E-state index >= 15 is 0 Å². The van der Waals surface area contributed by atoms with E-state index in [-0.39, 0.29) is 30.0 Å². The Morgan fingerprint density at radius 2 is 1.84 bits per heavy atom. The van der Waals surface area contributed by atoms with Crippen molar-refractivity contribution in [1.82, 2.24) is 15.1 Å². The number of anilines is 1. The number of hydrogen-bond acceptors (Lipinski definition) is 5. The molecular formula is C22H19FN4O4. The lowest BCUT2D eigenvalue weighted by molar-refractivity contribution is -0.120. The summed E-state index contributed by atoms with van der Waals surface area (Å²) in [6.45, 7) is 2.59. The van der Waals surface area contributed by atoms with Crippen molar-refractivity contribution in [2.45, 2.75) is 26.3 Å². The molecule has 1 unspecified atom stereocenters. The van der Waals surface area contributed by atoms with Crippen LogP contribution in [0.3, 0.4) is 0 Å². The predicted octanol–water partition coefficient (Wildman–Crippen LogP) is 2.40. The normalized spacial score (nSPS) is 16.4. The fourth-order valence-electron chi connectivity index (χ4n) is 3.71. The Labute approximate surface area is 176 Å². The molecule has 0 aliphatic carbocycles. The molecule has 0 bridgehead atoms. The molecule has 2 aromatic carbocycles. The molecule has 2 heterocycles. The highest BCUT2D eigenvalue weighted by atomic mass is 19.1. The maximum atomic E-state index is 14.6. The molecule has 1 atom stereocenters. The number of aromatic amines is 1. The van der Waals surface area contributed by atoms with Crippen LogP contribution in [0.5, 0.6) is 0 Å². The van der Waals surface area contributed by atoms with Crippen LogP contribution >= 0.6 is 0 Å². The molecule has 4 rings (SSSR count). The number of rotatable bonds is 5. The second-order valence-electron chi connectivity index (χ2n) is 7.47. The van der Waals surface area contributed by atoms with Crippen molar-refractivity contribution in [1.29, 1.82) is 0 Å². The van der Waals surface area contributed by atoms with E-state index in [4.69, 9.17) is 0 Å². The Hall–Kier alpha value is -3.88. The van der Waals surface area contributed by atoms with Gasteiger partial charge in [-0.25, -0.2) is 19.2 Å². The van der Waals surface area contributed by atoms with E-state index < -0.39 is 23.8 Å². The average molecular weight is 422 g/mol. The quantitative estimate of drug-likeness (QED) is 0.636. The molecule has 8 nitrogen and oxygen atoms in total. The summed E-state index contributed by atoms with van der Waals surface area (Å²) in [4.78, 5) is 50.8. The maximum Gasteiger partial charge on any atom is 0.332 e. The van der Waals surface area contributed by atoms with Crippen molar-refractivity contribution in [3.63, 3.8) is 0 Å². The number of amides is 3. The van der Waals surface area contributed by atoms with Gasteiger partial charge < -0.3 is 4.90 Å². The van der Waals surface area contributed by atoms with Crippen LogP contribution in [0, 0.1) is 5.82 Å². The van der Waals surface area contributed by atoms with Gasteiger partial charge in [0.05, 0.1) is 23.3 Å². The topological polar surface area (TPSA) is 103 Å². The van der Waals surface area contributed by atoms with Crippen LogP contribution in [0.4, 0.5) is 14.9 Å². The van der Waals surface area contributed by atoms with Crippen molar-refractivity contribution < 1.29 is 18.8 Å². The number of halogens is 1. The van der Waals surface area contributed by atoms with E-state index in [0.29, 0.717) is 22.0 Å². The third-order valence-electron chi connectivity index (χ3n) is 5.27. The second kappa shape index (κ2) is 7.75. The number of nitrogens with one attached hydrogen (secondary N) is 1. The van der Waals surface area contributed by atoms with Crippen LogP contribution in [-0.4, -0.2) is 45.4 Å². The second-order valence-corrected chi connectivity index (χ2v) is 7.47. The molecule has 1 aromatic heterocycles. The Bertz CT molecular complexity index is 1290. The highest BCUT2D eigenvalue weighted by Crippen LogP contribution is 2.29. The Balaban J connectivity index is 1.71. The Morgan fingerprint density at radius 1 is 1.13 bits per heavy atom. The van der Waals surface area contributed by atoms with Gasteiger partial charge in [-0.2, -0.15) is 5.10 Å². The van der Waals surface area contributed by atoms with E-state index in [2.05, 4.69) is 10.2 Å². The van der Waals surface area contributed by atoms with Gasteiger partial charge in [0, 0.05) is 11.8 Å². The number of fused-ring (bicyclic) bond motifs is 1. The zero-order chi connectivity index (χ0) is 22.3. The number of carbonyl (C=O) groups excluding carboxylic acids is 3. The highest BCUT2D eigenvalue weighted by molar-refractivity contribution is 6.21. The molecule has 3 aromatic rings. The fraction of sp³-hybridized carbons (Fsp3) is 0.227. The third kappa shape index (κ3) is 3.58. The molecule has 0 spiro atoms. The number of hydrogen-bond donors (Lipinski definition) is 1. The molecule has 0 radical (unpaired) electrons. The Kier molecular flexibility index (Phi) is 5.10. The number of aromatic nitrogens is 2. The standard InChI is InChI=1S/C22H19FN4O4/c1-12(28)11-26-13(2)21(30)27(22(26)31)19-10-14(7-8-17(19)23)9-18-15-5-3-4-6-16(15)20(29)25-24-18/h3-8,10,13H,9,11H2,1-2H3,(H,25,29). The number of ketones is 1. The van der Waals surface area contributed by atoms with Gasteiger partial charge in [-0.1, -0.05) is 24.3 Å². The first-order chi connectivity index (χ1) is 14.8. The van der Waals surface area contributed by atoms with Gasteiger partial charge in [0.2, 0.25) is 0 Å². The monoisotopic (exact) mass is 422 g/mol. The minimum atomic E-state index is -0.871. The highest BCUT2D eigenvalue weighted by Gasteiger charge is 2.44. The molecule has 1 N–H and O–H groups in total. The van der Waals surface area contributed by atoms with Crippen molar-refractivity contribution in [2.75, 3.05) is 11.4 Å². The van der Waals surface area contributed by atoms with Crippen LogP contribution in [0.15, 0.2) is 47.3 Å². The van der Waals surface area contributed by atoms with Crippen LogP contribution in [0.1, 0.15) is 25.1 Å². The van der Waals surface area contributed by atoms with Crippen molar-refractivity contribution in [3.8, 4) is 0 Å². The molecule has 0 saturated carbocycles. The first-order valence-corrected chi connectivity index (χ1v) is 9.66. The van der Waals surface area contributed by atoms with Gasteiger partial charge in [0.15, 0.2) is 0 Å². The van der Waals surface area contributed by atoms with Crippen LogP contribution in [0.2, 0.25) is 0 Å².